The number of urea groups is 1. The van der Waals surface area contributed by atoms with Crippen LogP contribution in [0.3, 0.4) is 0 Å². The van der Waals surface area contributed by atoms with Gasteiger partial charge in [-0.3, -0.25) is 0 Å². The van der Waals surface area contributed by atoms with Crippen molar-refractivity contribution in [3.05, 3.63) is 78.6 Å². The lowest BCUT2D eigenvalue weighted by atomic mass is 10.1. The van der Waals surface area contributed by atoms with Gasteiger partial charge in [-0.25, -0.2) is 9.48 Å². The second-order valence-electron chi connectivity index (χ2n) is 5.65. The molecule has 0 aliphatic heterocycles. The van der Waals surface area contributed by atoms with Gasteiger partial charge in [0, 0.05) is 25.4 Å². The standard InChI is InChI=1S/C19H20N4O2/c24-16(13-15-7-2-1-3-8-15)14-20-19(25)22-17-9-4-5-10-18(17)23-12-6-11-21-23/h1-12,16,24H,13-14H2,(H2,20,22,25). The molecule has 1 heterocycles. The lowest BCUT2D eigenvalue weighted by Gasteiger charge is -2.14. The minimum atomic E-state index is -0.644. The molecule has 2 aromatic carbocycles. The van der Waals surface area contributed by atoms with Gasteiger partial charge in [0.2, 0.25) is 0 Å². The van der Waals surface area contributed by atoms with E-state index in [2.05, 4.69) is 15.7 Å². The molecule has 3 aromatic rings. The Labute approximate surface area is 146 Å². The van der Waals surface area contributed by atoms with Crippen LogP contribution in [0.25, 0.3) is 5.69 Å². The number of nitrogens with zero attached hydrogens (tertiary/aromatic N) is 2. The summed E-state index contributed by atoms with van der Waals surface area (Å²) in [6.07, 6.45) is 3.33. The van der Waals surface area contributed by atoms with Crippen molar-refractivity contribution in [2.24, 2.45) is 0 Å². The normalized spacial score (nSPS) is 11.7. The van der Waals surface area contributed by atoms with Crippen LogP contribution in [0.1, 0.15) is 5.56 Å². The minimum Gasteiger partial charge on any atom is -0.391 e. The molecule has 0 saturated carbocycles. The average molecular weight is 336 g/mol. The summed E-state index contributed by atoms with van der Waals surface area (Å²) in [6.45, 7) is 0.171. The van der Waals surface area contributed by atoms with Gasteiger partial charge in [0.05, 0.1) is 17.5 Å². The first kappa shape index (κ1) is 16.7. The summed E-state index contributed by atoms with van der Waals surface area (Å²) in [6, 6.07) is 18.5. The Kier molecular flexibility index (Phi) is 5.43. The summed E-state index contributed by atoms with van der Waals surface area (Å²) in [5.74, 6) is 0. The lowest BCUT2D eigenvalue weighted by molar-refractivity contribution is 0.172. The fourth-order valence-corrected chi connectivity index (χ4v) is 2.53. The van der Waals surface area contributed by atoms with Gasteiger partial charge in [-0.1, -0.05) is 42.5 Å². The number of benzene rings is 2. The molecule has 0 spiro atoms. The lowest BCUT2D eigenvalue weighted by Crippen LogP contribution is -2.36. The van der Waals surface area contributed by atoms with E-state index in [4.69, 9.17) is 0 Å². The maximum absolute atomic E-state index is 12.1. The van der Waals surface area contributed by atoms with Gasteiger partial charge in [0.1, 0.15) is 0 Å². The molecule has 6 heteroatoms. The number of carbonyl (C=O) groups excluding carboxylic acids is 1. The van der Waals surface area contributed by atoms with Crippen molar-refractivity contribution < 1.29 is 9.90 Å². The van der Waals surface area contributed by atoms with Crippen LogP contribution in [0.4, 0.5) is 10.5 Å². The van der Waals surface area contributed by atoms with Gasteiger partial charge >= 0.3 is 6.03 Å². The summed E-state index contributed by atoms with van der Waals surface area (Å²) in [5.41, 5.74) is 2.44. The second-order valence-corrected chi connectivity index (χ2v) is 5.65. The van der Waals surface area contributed by atoms with E-state index in [1.165, 1.54) is 0 Å². The van der Waals surface area contributed by atoms with E-state index in [0.29, 0.717) is 12.1 Å². The maximum atomic E-state index is 12.1. The Bertz CT molecular complexity index is 803. The summed E-state index contributed by atoms with van der Waals surface area (Å²) in [7, 11) is 0. The Morgan fingerprint density at radius 3 is 2.60 bits per heavy atom. The van der Waals surface area contributed by atoms with E-state index in [1.807, 2.05) is 60.8 Å². The van der Waals surface area contributed by atoms with Crippen LogP contribution in [-0.2, 0) is 6.42 Å². The molecule has 1 aromatic heterocycles. The molecule has 1 atom stereocenters. The third kappa shape index (κ3) is 4.68. The van der Waals surface area contributed by atoms with Gasteiger partial charge in [-0.2, -0.15) is 5.10 Å². The van der Waals surface area contributed by atoms with E-state index in [9.17, 15) is 9.90 Å². The van der Waals surface area contributed by atoms with E-state index < -0.39 is 6.10 Å². The molecule has 1 unspecified atom stereocenters. The number of amides is 2. The topological polar surface area (TPSA) is 79.2 Å². The third-order valence-electron chi connectivity index (χ3n) is 3.72. The van der Waals surface area contributed by atoms with Gasteiger partial charge in [-0.15, -0.1) is 0 Å². The molecule has 6 nitrogen and oxygen atoms in total. The van der Waals surface area contributed by atoms with Crippen molar-refractivity contribution in [3.63, 3.8) is 0 Å². The smallest absolute Gasteiger partial charge is 0.319 e. The zero-order chi connectivity index (χ0) is 17.5. The van der Waals surface area contributed by atoms with Crippen LogP contribution in [0.5, 0.6) is 0 Å². The van der Waals surface area contributed by atoms with Crippen LogP contribution in [0.2, 0.25) is 0 Å². The fraction of sp³-hybridized carbons (Fsp3) is 0.158. The van der Waals surface area contributed by atoms with Crippen molar-refractivity contribution in [2.45, 2.75) is 12.5 Å². The van der Waals surface area contributed by atoms with Gasteiger partial charge in [-0.05, 0) is 23.8 Å². The van der Waals surface area contributed by atoms with E-state index in [1.54, 1.807) is 16.9 Å². The average Bonchev–Trinajstić information content (AvgIpc) is 3.16. The van der Waals surface area contributed by atoms with Crippen molar-refractivity contribution in [1.82, 2.24) is 15.1 Å². The predicted molar refractivity (Wildman–Crippen MR) is 96.7 cm³/mol. The molecule has 25 heavy (non-hydrogen) atoms. The molecule has 0 bridgehead atoms. The van der Waals surface area contributed by atoms with Crippen molar-refractivity contribution in [3.8, 4) is 5.69 Å². The predicted octanol–water partition coefficient (Wildman–Crippen LogP) is 2.60. The molecule has 2 amide bonds. The van der Waals surface area contributed by atoms with Crippen LogP contribution in [0, 0.1) is 0 Å². The highest BCUT2D eigenvalue weighted by molar-refractivity contribution is 5.91. The molecule has 3 rings (SSSR count). The van der Waals surface area contributed by atoms with Crippen LogP contribution in [-0.4, -0.2) is 33.6 Å². The molecule has 128 valence electrons. The first-order valence-corrected chi connectivity index (χ1v) is 8.08. The number of nitrogens with one attached hydrogen (secondary N) is 2. The van der Waals surface area contributed by atoms with E-state index in [-0.39, 0.29) is 12.6 Å². The summed E-state index contributed by atoms with van der Waals surface area (Å²) < 4.78 is 1.68. The quantitative estimate of drug-likeness (QED) is 0.647. The van der Waals surface area contributed by atoms with Gasteiger partial charge in [0.25, 0.3) is 0 Å². The number of para-hydroxylation sites is 2. The first-order valence-electron chi connectivity index (χ1n) is 8.08. The summed E-state index contributed by atoms with van der Waals surface area (Å²) in [5, 5.41) is 19.7. The van der Waals surface area contributed by atoms with Crippen LogP contribution >= 0.6 is 0 Å². The Hall–Kier alpha value is -3.12. The summed E-state index contributed by atoms with van der Waals surface area (Å²) in [4.78, 5) is 12.1. The Balaban J connectivity index is 1.55. The zero-order valence-corrected chi connectivity index (χ0v) is 13.7. The molecule has 0 aliphatic rings. The monoisotopic (exact) mass is 336 g/mol. The highest BCUT2D eigenvalue weighted by Gasteiger charge is 2.10. The van der Waals surface area contributed by atoms with Crippen molar-refractivity contribution >= 4 is 11.7 Å². The largest absolute Gasteiger partial charge is 0.391 e. The van der Waals surface area contributed by atoms with E-state index >= 15 is 0 Å². The van der Waals surface area contributed by atoms with Gasteiger partial charge < -0.3 is 15.7 Å². The number of aliphatic hydroxyl groups excluding tert-OH is 1. The van der Waals surface area contributed by atoms with Crippen molar-refractivity contribution in [1.29, 1.82) is 0 Å². The zero-order valence-electron chi connectivity index (χ0n) is 13.7. The Morgan fingerprint density at radius 2 is 1.84 bits per heavy atom. The number of rotatable bonds is 6. The molecule has 0 aliphatic carbocycles. The fourth-order valence-electron chi connectivity index (χ4n) is 2.53. The van der Waals surface area contributed by atoms with E-state index in [0.717, 1.165) is 11.3 Å². The highest BCUT2D eigenvalue weighted by Crippen LogP contribution is 2.18. The third-order valence-corrected chi connectivity index (χ3v) is 3.72. The number of anilines is 1. The molecular formula is C19H20N4O2. The number of aromatic nitrogens is 2. The number of carbonyl (C=O) groups is 1. The molecule has 0 radical (unpaired) electrons. The van der Waals surface area contributed by atoms with Crippen LogP contribution < -0.4 is 10.6 Å². The highest BCUT2D eigenvalue weighted by atomic mass is 16.3. The first-order chi connectivity index (χ1) is 12.2. The maximum Gasteiger partial charge on any atom is 0.319 e. The number of hydrogen-bond donors (Lipinski definition) is 3. The second kappa shape index (κ2) is 8.12. The molecule has 0 fully saturated rings. The SMILES string of the molecule is O=C(NCC(O)Cc1ccccc1)Nc1ccccc1-n1cccn1. The summed E-state index contributed by atoms with van der Waals surface area (Å²) >= 11 is 0. The Morgan fingerprint density at radius 1 is 1.08 bits per heavy atom. The molecule has 3 N–H and O–H groups in total. The number of hydrogen-bond acceptors (Lipinski definition) is 3. The van der Waals surface area contributed by atoms with Crippen LogP contribution in [0.15, 0.2) is 73.1 Å². The molecular weight excluding hydrogens is 316 g/mol. The van der Waals surface area contributed by atoms with Crippen molar-refractivity contribution in [2.75, 3.05) is 11.9 Å². The minimum absolute atomic E-state index is 0.171. The van der Waals surface area contributed by atoms with Gasteiger partial charge in [0.15, 0.2) is 0 Å². The molecule has 0 saturated heterocycles. The number of aliphatic hydroxyl groups is 1.